The molecule has 0 spiro atoms. The fourth-order valence-corrected chi connectivity index (χ4v) is 1.66. The molecule has 0 aliphatic carbocycles. The Labute approximate surface area is 88.0 Å². The lowest BCUT2D eigenvalue weighted by Gasteiger charge is -2.04. The zero-order chi connectivity index (χ0) is 10.9. The molecule has 14 heavy (non-hydrogen) atoms. The SMILES string of the molecule is CC(C)Cc1[nH]nc(C(F)(F)F)c1Br. The number of nitrogens with zero attached hydrogens (tertiary/aromatic N) is 1. The van der Waals surface area contributed by atoms with Crippen LogP contribution in [0.2, 0.25) is 0 Å². The smallest absolute Gasteiger partial charge is 0.281 e. The molecule has 6 heteroatoms. The summed E-state index contributed by atoms with van der Waals surface area (Å²) in [7, 11) is 0. The molecule has 80 valence electrons. The van der Waals surface area contributed by atoms with Gasteiger partial charge in [-0.3, -0.25) is 5.10 Å². The lowest BCUT2D eigenvalue weighted by atomic mass is 10.1. The number of halogens is 4. The summed E-state index contributed by atoms with van der Waals surface area (Å²) < 4.78 is 36.9. The van der Waals surface area contributed by atoms with Gasteiger partial charge >= 0.3 is 6.18 Å². The first-order chi connectivity index (χ1) is 6.32. The first-order valence-electron chi connectivity index (χ1n) is 4.12. The molecule has 0 saturated carbocycles. The molecule has 0 aliphatic heterocycles. The van der Waals surface area contributed by atoms with Crippen LogP contribution in [0.4, 0.5) is 13.2 Å². The van der Waals surface area contributed by atoms with Crippen LogP contribution in [0.3, 0.4) is 0 Å². The van der Waals surface area contributed by atoms with E-state index in [0.717, 1.165) is 0 Å². The van der Waals surface area contributed by atoms with Crippen molar-refractivity contribution in [1.82, 2.24) is 10.2 Å². The molecule has 0 unspecified atom stereocenters. The maximum absolute atomic E-state index is 12.3. The Morgan fingerprint density at radius 1 is 1.43 bits per heavy atom. The van der Waals surface area contributed by atoms with Crippen LogP contribution in [0.1, 0.15) is 25.2 Å². The van der Waals surface area contributed by atoms with Gasteiger partial charge in [0.05, 0.1) is 10.2 Å². The van der Waals surface area contributed by atoms with Gasteiger partial charge in [-0.2, -0.15) is 18.3 Å². The summed E-state index contributed by atoms with van der Waals surface area (Å²) in [5.74, 6) is 0.285. The van der Waals surface area contributed by atoms with Crippen LogP contribution in [0.5, 0.6) is 0 Å². The van der Waals surface area contributed by atoms with Crippen LogP contribution in [-0.2, 0) is 12.6 Å². The van der Waals surface area contributed by atoms with Crippen LogP contribution in [0.25, 0.3) is 0 Å². The average Bonchev–Trinajstić information content (AvgIpc) is 2.30. The summed E-state index contributed by atoms with van der Waals surface area (Å²) in [5.41, 5.74) is -0.388. The van der Waals surface area contributed by atoms with Gasteiger partial charge in [-0.15, -0.1) is 0 Å². The Morgan fingerprint density at radius 3 is 2.36 bits per heavy atom. The van der Waals surface area contributed by atoms with E-state index in [1.807, 2.05) is 13.8 Å². The Hall–Kier alpha value is -0.520. The molecule has 0 amide bonds. The van der Waals surface area contributed by atoms with E-state index < -0.39 is 11.9 Å². The van der Waals surface area contributed by atoms with Crippen LogP contribution in [0, 0.1) is 5.92 Å². The molecule has 0 fully saturated rings. The molecule has 0 atom stereocenters. The minimum absolute atomic E-state index is 0.0266. The number of alkyl halides is 3. The van der Waals surface area contributed by atoms with Crippen molar-refractivity contribution in [3.05, 3.63) is 15.9 Å². The van der Waals surface area contributed by atoms with Gasteiger partial charge in [-0.1, -0.05) is 13.8 Å². The average molecular weight is 271 g/mol. The summed E-state index contributed by atoms with van der Waals surface area (Å²) >= 11 is 2.90. The third kappa shape index (κ3) is 2.50. The fraction of sp³-hybridized carbons (Fsp3) is 0.625. The third-order valence-corrected chi connectivity index (χ3v) is 2.51. The van der Waals surface area contributed by atoms with Crippen molar-refractivity contribution < 1.29 is 13.2 Å². The Balaban J connectivity index is 2.97. The van der Waals surface area contributed by atoms with Gasteiger partial charge in [0, 0.05) is 0 Å². The van der Waals surface area contributed by atoms with Crippen molar-refractivity contribution in [2.45, 2.75) is 26.4 Å². The quantitative estimate of drug-likeness (QED) is 0.877. The van der Waals surface area contributed by atoms with Gasteiger partial charge in [0.2, 0.25) is 0 Å². The van der Waals surface area contributed by atoms with Gasteiger partial charge in [-0.25, -0.2) is 0 Å². The molecular formula is C8H10BrF3N2. The van der Waals surface area contributed by atoms with E-state index in [2.05, 4.69) is 26.1 Å². The number of nitrogens with one attached hydrogen (secondary N) is 1. The second kappa shape index (κ2) is 3.92. The summed E-state index contributed by atoms with van der Waals surface area (Å²) in [4.78, 5) is 0. The van der Waals surface area contributed by atoms with Crippen molar-refractivity contribution in [2.75, 3.05) is 0 Å². The number of hydrogen-bond acceptors (Lipinski definition) is 1. The van der Waals surface area contributed by atoms with Crippen molar-refractivity contribution in [3.63, 3.8) is 0 Å². The molecule has 0 aromatic carbocycles. The lowest BCUT2D eigenvalue weighted by molar-refractivity contribution is -0.141. The van der Waals surface area contributed by atoms with Gasteiger partial charge in [0.25, 0.3) is 0 Å². The predicted molar refractivity (Wildman–Crippen MR) is 49.8 cm³/mol. The van der Waals surface area contributed by atoms with Crippen molar-refractivity contribution in [1.29, 1.82) is 0 Å². The van der Waals surface area contributed by atoms with Gasteiger partial charge in [0.15, 0.2) is 5.69 Å². The Morgan fingerprint density at radius 2 is 2.00 bits per heavy atom. The molecule has 1 heterocycles. The molecule has 0 aliphatic rings. The normalized spacial score (nSPS) is 12.5. The van der Waals surface area contributed by atoms with Gasteiger partial charge < -0.3 is 0 Å². The van der Waals surface area contributed by atoms with Crippen LogP contribution >= 0.6 is 15.9 Å². The van der Waals surface area contributed by atoms with Crippen LogP contribution in [0.15, 0.2) is 4.47 Å². The molecule has 1 aromatic heterocycles. The van der Waals surface area contributed by atoms with Crippen LogP contribution in [-0.4, -0.2) is 10.2 Å². The topological polar surface area (TPSA) is 28.7 Å². The Kier molecular flexibility index (Phi) is 3.24. The van der Waals surface area contributed by atoms with E-state index in [-0.39, 0.29) is 10.4 Å². The van der Waals surface area contributed by atoms with E-state index in [4.69, 9.17) is 0 Å². The summed E-state index contributed by atoms with van der Waals surface area (Å²) in [5, 5.41) is 5.64. The summed E-state index contributed by atoms with van der Waals surface area (Å²) in [6.07, 6.45) is -3.85. The lowest BCUT2D eigenvalue weighted by Crippen LogP contribution is -2.06. The number of H-pyrrole nitrogens is 1. The first-order valence-corrected chi connectivity index (χ1v) is 4.91. The third-order valence-electron chi connectivity index (χ3n) is 1.66. The van der Waals surface area contributed by atoms with Crippen molar-refractivity contribution >= 4 is 15.9 Å². The molecule has 0 saturated heterocycles. The highest BCUT2D eigenvalue weighted by molar-refractivity contribution is 9.10. The van der Waals surface area contributed by atoms with Crippen molar-refractivity contribution in [2.24, 2.45) is 5.92 Å². The largest absolute Gasteiger partial charge is 0.436 e. The molecule has 0 radical (unpaired) electrons. The molecular weight excluding hydrogens is 261 g/mol. The van der Waals surface area contributed by atoms with E-state index >= 15 is 0 Å². The monoisotopic (exact) mass is 270 g/mol. The highest BCUT2D eigenvalue weighted by atomic mass is 79.9. The van der Waals surface area contributed by atoms with E-state index in [1.54, 1.807) is 0 Å². The number of aromatic amines is 1. The number of rotatable bonds is 2. The van der Waals surface area contributed by atoms with E-state index in [1.165, 1.54) is 0 Å². The minimum Gasteiger partial charge on any atom is -0.281 e. The van der Waals surface area contributed by atoms with E-state index in [9.17, 15) is 13.2 Å². The minimum atomic E-state index is -4.40. The number of aromatic nitrogens is 2. The molecule has 1 N–H and O–H groups in total. The summed E-state index contributed by atoms with van der Waals surface area (Å²) in [6, 6.07) is 0. The van der Waals surface area contributed by atoms with E-state index in [0.29, 0.717) is 12.1 Å². The van der Waals surface area contributed by atoms with Crippen LogP contribution < -0.4 is 0 Å². The molecule has 1 aromatic rings. The second-order valence-electron chi connectivity index (χ2n) is 3.46. The predicted octanol–water partition coefficient (Wildman–Crippen LogP) is 3.39. The first kappa shape index (κ1) is 11.6. The maximum Gasteiger partial charge on any atom is 0.436 e. The maximum atomic E-state index is 12.3. The Bertz CT molecular complexity index is 317. The van der Waals surface area contributed by atoms with Crippen molar-refractivity contribution in [3.8, 4) is 0 Å². The molecule has 0 bridgehead atoms. The zero-order valence-corrected chi connectivity index (χ0v) is 9.33. The fourth-order valence-electron chi connectivity index (χ4n) is 1.10. The molecule has 2 nitrogen and oxygen atoms in total. The number of hydrogen-bond donors (Lipinski definition) is 1. The summed E-state index contributed by atoms with van der Waals surface area (Å²) in [6.45, 7) is 3.86. The highest BCUT2D eigenvalue weighted by Gasteiger charge is 2.37. The second-order valence-corrected chi connectivity index (χ2v) is 4.25. The highest BCUT2D eigenvalue weighted by Crippen LogP contribution is 2.35. The zero-order valence-electron chi connectivity index (χ0n) is 7.74. The standard InChI is InChI=1S/C8H10BrF3N2/c1-4(2)3-5-6(9)7(14-13-5)8(10,11)12/h4H,3H2,1-2H3,(H,13,14). The van der Waals surface area contributed by atoms with Gasteiger partial charge in [0.1, 0.15) is 0 Å². The molecule has 1 rings (SSSR count). The van der Waals surface area contributed by atoms with Gasteiger partial charge in [-0.05, 0) is 28.3 Å².